The maximum atomic E-state index is 13.8. The van der Waals surface area contributed by atoms with E-state index in [2.05, 4.69) is 19.8 Å². The second-order valence-corrected chi connectivity index (χ2v) is 5.00. The van der Waals surface area contributed by atoms with Crippen LogP contribution in [0.1, 0.15) is 5.69 Å². The molecule has 1 aromatic heterocycles. The fraction of sp³-hybridized carbons (Fsp3) is 0.333. The van der Waals surface area contributed by atoms with Gasteiger partial charge in [-0.15, -0.1) is 0 Å². The van der Waals surface area contributed by atoms with E-state index in [0.29, 0.717) is 12.2 Å². The highest BCUT2D eigenvalue weighted by molar-refractivity contribution is 5.50. The van der Waals surface area contributed by atoms with Gasteiger partial charge < -0.3 is 15.5 Å². The highest BCUT2D eigenvalue weighted by atomic mass is 19.1. The maximum Gasteiger partial charge on any atom is 0.147 e. The monoisotopic (exact) mass is 287 g/mol. The van der Waals surface area contributed by atoms with Crippen LogP contribution in [0.3, 0.4) is 0 Å². The topological polar surface area (TPSA) is 58.3 Å². The second kappa shape index (κ2) is 6.05. The number of nitrogens with two attached hydrogens (primary N) is 1. The SMILES string of the molecule is NCc1cncc(N2CCN(c3ccccc3F)CC2)n1. The molecule has 3 rings (SSSR count). The number of benzene rings is 1. The summed E-state index contributed by atoms with van der Waals surface area (Å²) < 4.78 is 13.8. The molecule has 6 heteroatoms. The predicted octanol–water partition coefficient (Wildman–Crippen LogP) is 1.40. The van der Waals surface area contributed by atoms with E-state index in [1.54, 1.807) is 18.5 Å². The molecule has 2 heterocycles. The molecule has 5 nitrogen and oxygen atoms in total. The van der Waals surface area contributed by atoms with Gasteiger partial charge in [0.1, 0.15) is 11.6 Å². The quantitative estimate of drug-likeness (QED) is 0.925. The van der Waals surface area contributed by atoms with Gasteiger partial charge in [-0.05, 0) is 12.1 Å². The van der Waals surface area contributed by atoms with Crippen molar-refractivity contribution in [1.29, 1.82) is 0 Å². The van der Waals surface area contributed by atoms with Crippen LogP contribution in [0.25, 0.3) is 0 Å². The minimum Gasteiger partial charge on any atom is -0.366 e. The minimum absolute atomic E-state index is 0.170. The van der Waals surface area contributed by atoms with Crippen molar-refractivity contribution in [3.8, 4) is 0 Å². The van der Waals surface area contributed by atoms with E-state index in [4.69, 9.17) is 5.73 Å². The normalized spacial score (nSPS) is 15.3. The number of piperazine rings is 1. The molecule has 0 radical (unpaired) electrons. The van der Waals surface area contributed by atoms with Crippen LogP contribution in [0.2, 0.25) is 0 Å². The van der Waals surface area contributed by atoms with Crippen LogP contribution in [-0.2, 0) is 6.54 Å². The highest BCUT2D eigenvalue weighted by Crippen LogP contribution is 2.21. The first-order chi connectivity index (χ1) is 10.3. The lowest BCUT2D eigenvalue weighted by Gasteiger charge is -2.36. The van der Waals surface area contributed by atoms with Crippen LogP contribution in [0.4, 0.5) is 15.9 Å². The first-order valence-corrected chi connectivity index (χ1v) is 7.03. The number of aromatic nitrogens is 2. The molecule has 2 aromatic rings. The molecule has 1 aromatic carbocycles. The predicted molar refractivity (Wildman–Crippen MR) is 80.7 cm³/mol. The molecule has 1 aliphatic rings. The number of rotatable bonds is 3. The van der Waals surface area contributed by atoms with Gasteiger partial charge in [0.2, 0.25) is 0 Å². The molecule has 0 amide bonds. The van der Waals surface area contributed by atoms with Gasteiger partial charge in [-0.25, -0.2) is 9.37 Å². The van der Waals surface area contributed by atoms with Crippen LogP contribution < -0.4 is 15.5 Å². The van der Waals surface area contributed by atoms with Crippen LogP contribution in [-0.4, -0.2) is 36.1 Å². The average molecular weight is 287 g/mol. The molecule has 0 unspecified atom stereocenters. The summed E-state index contributed by atoms with van der Waals surface area (Å²) in [5, 5.41) is 0. The van der Waals surface area contributed by atoms with Gasteiger partial charge in [-0.1, -0.05) is 12.1 Å². The summed E-state index contributed by atoms with van der Waals surface area (Å²) in [6.45, 7) is 3.48. The zero-order valence-electron chi connectivity index (χ0n) is 11.7. The third kappa shape index (κ3) is 2.95. The van der Waals surface area contributed by atoms with E-state index in [-0.39, 0.29) is 5.82 Å². The van der Waals surface area contributed by atoms with Gasteiger partial charge in [0.15, 0.2) is 0 Å². The summed E-state index contributed by atoms with van der Waals surface area (Å²) in [5.74, 6) is 0.669. The number of nitrogens with zero attached hydrogens (tertiary/aromatic N) is 4. The molecule has 0 atom stereocenters. The van der Waals surface area contributed by atoms with E-state index < -0.39 is 0 Å². The van der Waals surface area contributed by atoms with Gasteiger partial charge >= 0.3 is 0 Å². The summed E-state index contributed by atoms with van der Waals surface area (Å²) in [6, 6.07) is 6.89. The van der Waals surface area contributed by atoms with Crippen molar-refractivity contribution in [2.75, 3.05) is 36.0 Å². The second-order valence-electron chi connectivity index (χ2n) is 5.00. The molecule has 1 fully saturated rings. The summed E-state index contributed by atoms with van der Waals surface area (Å²) in [5.41, 5.74) is 7.04. The van der Waals surface area contributed by atoms with Crippen molar-refractivity contribution < 1.29 is 4.39 Å². The average Bonchev–Trinajstić information content (AvgIpc) is 2.56. The highest BCUT2D eigenvalue weighted by Gasteiger charge is 2.20. The Labute approximate surface area is 123 Å². The number of anilines is 2. The molecule has 110 valence electrons. The Kier molecular flexibility index (Phi) is 3.96. The van der Waals surface area contributed by atoms with E-state index in [1.807, 2.05) is 12.1 Å². The number of hydrogen-bond acceptors (Lipinski definition) is 5. The lowest BCUT2D eigenvalue weighted by molar-refractivity contribution is 0.595. The smallest absolute Gasteiger partial charge is 0.147 e. The third-order valence-electron chi connectivity index (χ3n) is 3.68. The maximum absolute atomic E-state index is 13.8. The molecular weight excluding hydrogens is 269 g/mol. The van der Waals surface area contributed by atoms with Gasteiger partial charge in [0.05, 0.1) is 17.6 Å². The summed E-state index contributed by atoms with van der Waals surface area (Å²) in [6.07, 6.45) is 3.43. The van der Waals surface area contributed by atoms with Gasteiger partial charge in [-0.3, -0.25) is 4.98 Å². The fourth-order valence-electron chi connectivity index (χ4n) is 2.53. The molecule has 2 N–H and O–H groups in total. The molecule has 0 spiro atoms. The van der Waals surface area contributed by atoms with E-state index in [0.717, 1.165) is 37.7 Å². The molecule has 0 aliphatic carbocycles. The number of halogens is 1. The molecule has 0 bridgehead atoms. The van der Waals surface area contributed by atoms with Crippen molar-refractivity contribution >= 4 is 11.5 Å². The van der Waals surface area contributed by atoms with Gasteiger partial charge in [-0.2, -0.15) is 0 Å². The Morgan fingerprint density at radius 1 is 1.05 bits per heavy atom. The van der Waals surface area contributed by atoms with Crippen LogP contribution in [0, 0.1) is 5.82 Å². The number of hydrogen-bond donors (Lipinski definition) is 1. The van der Waals surface area contributed by atoms with Crippen LogP contribution in [0.5, 0.6) is 0 Å². The summed E-state index contributed by atoms with van der Waals surface area (Å²) >= 11 is 0. The largest absolute Gasteiger partial charge is 0.366 e. The van der Waals surface area contributed by atoms with Crippen molar-refractivity contribution in [2.24, 2.45) is 5.73 Å². The first kappa shape index (κ1) is 13.8. The zero-order chi connectivity index (χ0) is 14.7. The van der Waals surface area contributed by atoms with Crippen molar-refractivity contribution in [1.82, 2.24) is 9.97 Å². The third-order valence-corrected chi connectivity index (χ3v) is 3.68. The molecule has 1 aliphatic heterocycles. The van der Waals surface area contributed by atoms with Crippen molar-refractivity contribution in [3.63, 3.8) is 0 Å². The minimum atomic E-state index is -0.170. The van der Waals surface area contributed by atoms with Crippen LogP contribution in [0.15, 0.2) is 36.7 Å². The first-order valence-electron chi connectivity index (χ1n) is 7.03. The number of para-hydroxylation sites is 1. The zero-order valence-corrected chi connectivity index (χ0v) is 11.7. The lowest BCUT2D eigenvalue weighted by atomic mass is 10.2. The Morgan fingerprint density at radius 3 is 2.48 bits per heavy atom. The van der Waals surface area contributed by atoms with E-state index in [9.17, 15) is 4.39 Å². The van der Waals surface area contributed by atoms with E-state index >= 15 is 0 Å². The molecule has 1 saturated heterocycles. The van der Waals surface area contributed by atoms with E-state index in [1.165, 1.54) is 6.07 Å². The summed E-state index contributed by atoms with van der Waals surface area (Å²) in [7, 11) is 0. The fourth-order valence-corrected chi connectivity index (χ4v) is 2.53. The summed E-state index contributed by atoms with van der Waals surface area (Å²) in [4.78, 5) is 12.9. The van der Waals surface area contributed by atoms with Gasteiger partial charge in [0.25, 0.3) is 0 Å². The molecule has 21 heavy (non-hydrogen) atoms. The van der Waals surface area contributed by atoms with Crippen molar-refractivity contribution in [3.05, 3.63) is 48.2 Å². The Morgan fingerprint density at radius 2 is 1.76 bits per heavy atom. The lowest BCUT2D eigenvalue weighted by Crippen LogP contribution is -2.47. The van der Waals surface area contributed by atoms with Crippen molar-refractivity contribution in [2.45, 2.75) is 6.54 Å². The van der Waals surface area contributed by atoms with Gasteiger partial charge in [0, 0.05) is 38.9 Å². The standard InChI is InChI=1S/C15H18FN5/c16-13-3-1-2-4-14(13)20-5-7-21(8-6-20)15-11-18-10-12(9-17)19-15/h1-4,10-11H,5-9,17H2. The Hall–Kier alpha value is -2.21. The Balaban J connectivity index is 1.69. The molecular formula is C15H18FN5. The molecule has 0 saturated carbocycles. The Bertz CT molecular complexity index is 611. The van der Waals surface area contributed by atoms with Crippen LogP contribution >= 0.6 is 0 Å².